The van der Waals surface area contributed by atoms with Crippen LogP contribution in [0.5, 0.6) is 0 Å². The predicted octanol–water partition coefficient (Wildman–Crippen LogP) is 4.07. The molecule has 0 aromatic heterocycles. The van der Waals surface area contributed by atoms with Gasteiger partial charge in [0.25, 0.3) is 0 Å². The van der Waals surface area contributed by atoms with Gasteiger partial charge in [-0.25, -0.2) is 0 Å². The maximum absolute atomic E-state index is 6.39. The van der Waals surface area contributed by atoms with Gasteiger partial charge in [0.15, 0.2) is 0 Å². The minimum absolute atomic E-state index is 0.506. The van der Waals surface area contributed by atoms with Gasteiger partial charge in [0.1, 0.15) is 0 Å². The summed E-state index contributed by atoms with van der Waals surface area (Å²) in [5.41, 5.74) is 2.39. The van der Waals surface area contributed by atoms with Crippen molar-refractivity contribution in [3.05, 3.63) is 28.8 Å². The van der Waals surface area contributed by atoms with Crippen molar-refractivity contribution in [2.45, 2.75) is 52.2 Å². The third kappa shape index (κ3) is 3.87. The van der Waals surface area contributed by atoms with Gasteiger partial charge in [-0.3, -0.25) is 0 Å². The van der Waals surface area contributed by atoms with Crippen molar-refractivity contribution in [1.82, 2.24) is 5.32 Å². The largest absolute Gasteiger partial charge is 0.372 e. The van der Waals surface area contributed by atoms with Crippen LogP contribution in [0.2, 0.25) is 5.02 Å². The van der Waals surface area contributed by atoms with E-state index in [9.17, 15) is 0 Å². The fraction of sp³-hybridized carbons (Fsp3) is 0.625. The highest BCUT2D eigenvalue weighted by atomic mass is 35.5. The SMILES string of the molecule is CC(C)C(C)N(C)c1ccc(CNC2CC2)c(Cl)c1. The fourth-order valence-corrected chi connectivity index (χ4v) is 2.36. The zero-order valence-corrected chi connectivity index (χ0v) is 13.2. The van der Waals surface area contributed by atoms with E-state index in [1.807, 2.05) is 0 Å². The van der Waals surface area contributed by atoms with Crippen LogP contribution < -0.4 is 10.2 Å². The lowest BCUT2D eigenvalue weighted by molar-refractivity contribution is 0.505. The normalized spacial score (nSPS) is 16.7. The molecule has 1 aromatic rings. The Kier molecular flexibility index (Phi) is 4.75. The number of rotatable bonds is 6. The van der Waals surface area contributed by atoms with E-state index in [0.29, 0.717) is 12.0 Å². The first-order valence-corrected chi connectivity index (χ1v) is 7.61. The lowest BCUT2D eigenvalue weighted by Gasteiger charge is -2.30. The molecule has 1 aliphatic rings. The summed E-state index contributed by atoms with van der Waals surface area (Å²) >= 11 is 6.39. The molecule has 0 bridgehead atoms. The summed E-state index contributed by atoms with van der Waals surface area (Å²) in [6, 6.07) is 7.64. The zero-order chi connectivity index (χ0) is 14.0. The molecule has 1 atom stereocenters. The number of nitrogens with one attached hydrogen (secondary N) is 1. The van der Waals surface area contributed by atoms with Gasteiger partial charge in [-0.2, -0.15) is 0 Å². The van der Waals surface area contributed by atoms with Crippen LogP contribution in [0.4, 0.5) is 5.69 Å². The molecule has 2 rings (SSSR count). The summed E-state index contributed by atoms with van der Waals surface area (Å²) < 4.78 is 0. The number of nitrogens with zero attached hydrogens (tertiary/aromatic N) is 1. The van der Waals surface area contributed by atoms with E-state index in [0.717, 1.165) is 17.6 Å². The third-order valence-corrected chi connectivity index (χ3v) is 4.53. The fourth-order valence-electron chi connectivity index (χ4n) is 2.12. The number of hydrogen-bond donors (Lipinski definition) is 1. The van der Waals surface area contributed by atoms with Crippen LogP contribution >= 0.6 is 11.6 Å². The van der Waals surface area contributed by atoms with E-state index in [4.69, 9.17) is 11.6 Å². The van der Waals surface area contributed by atoms with E-state index in [2.05, 4.69) is 56.2 Å². The molecule has 1 fully saturated rings. The average molecular weight is 281 g/mol. The van der Waals surface area contributed by atoms with E-state index >= 15 is 0 Å². The van der Waals surface area contributed by atoms with Gasteiger partial charge >= 0.3 is 0 Å². The van der Waals surface area contributed by atoms with Crippen molar-refractivity contribution < 1.29 is 0 Å². The van der Waals surface area contributed by atoms with Crippen molar-refractivity contribution in [2.75, 3.05) is 11.9 Å². The third-order valence-electron chi connectivity index (χ3n) is 4.18. The number of benzene rings is 1. The Bertz CT molecular complexity index is 427. The molecule has 1 aromatic carbocycles. The van der Waals surface area contributed by atoms with Gasteiger partial charge in [-0.05, 0) is 43.4 Å². The second-order valence-electron chi connectivity index (χ2n) is 6.03. The Morgan fingerprint density at radius 3 is 2.53 bits per heavy atom. The summed E-state index contributed by atoms with van der Waals surface area (Å²) in [6.07, 6.45) is 2.62. The van der Waals surface area contributed by atoms with E-state index in [1.165, 1.54) is 24.1 Å². The first kappa shape index (κ1) is 14.7. The van der Waals surface area contributed by atoms with Crippen molar-refractivity contribution in [3.8, 4) is 0 Å². The van der Waals surface area contributed by atoms with Crippen molar-refractivity contribution in [1.29, 1.82) is 0 Å². The number of anilines is 1. The molecule has 0 heterocycles. The molecule has 19 heavy (non-hydrogen) atoms. The Labute approximate surface area is 122 Å². The second kappa shape index (κ2) is 6.15. The minimum atomic E-state index is 0.506. The second-order valence-corrected chi connectivity index (χ2v) is 6.43. The summed E-state index contributed by atoms with van der Waals surface area (Å²) in [5, 5.41) is 4.37. The lowest BCUT2D eigenvalue weighted by atomic mass is 10.0. The highest BCUT2D eigenvalue weighted by molar-refractivity contribution is 6.31. The topological polar surface area (TPSA) is 15.3 Å². The van der Waals surface area contributed by atoms with Gasteiger partial charge in [0, 0.05) is 36.4 Å². The molecular weight excluding hydrogens is 256 g/mol. The lowest BCUT2D eigenvalue weighted by Crippen LogP contribution is -2.33. The molecule has 0 amide bonds. The molecule has 106 valence electrons. The van der Waals surface area contributed by atoms with E-state index in [1.54, 1.807) is 0 Å². The average Bonchev–Trinajstić information content (AvgIpc) is 3.19. The summed E-state index contributed by atoms with van der Waals surface area (Å²) in [6.45, 7) is 7.63. The summed E-state index contributed by atoms with van der Waals surface area (Å²) in [7, 11) is 2.14. The van der Waals surface area contributed by atoms with Gasteiger partial charge in [-0.1, -0.05) is 31.5 Å². The Morgan fingerprint density at radius 2 is 2.00 bits per heavy atom. The molecule has 0 radical (unpaired) electrons. The molecule has 1 unspecified atom stereocenters. The van der Waals surface area contributed by atoms with Crippen molar-refractivity contribution >= 4 is 17.3 Å². The quantitative estimate of drug-likeness (QED) is 0.845. The minimum Gasteiger partial charge on any atom is -0.372 e. The number of halogens is 1. The van der Waals surface area contributed by atoms with Crippen LogP contribution in [0.1, 0.15) is 39.2 Å². The Balaban J connectivity index is 2.04. The zero-order valence-electron chi connectivity index (χ0n) is 12.4. The molecule has 0 spiro atoms. The maximum atomic E-state index is 6.39. The molecule has 0 saturated heterocycles. The number of hydrogen-bond acceptors (Lipinski definition) is 2. The van der Waals surface area contributed by atoms with Crippen molar-refractivity contribution in [2.24, 2.45) is 5.92 Å². The monoisotopic (exact) mass is 280 g/mol. The Morgan fingerprint density at radius 1 is 1.32 bits per heavy atom. The van der Waals surface area contributed by atoms with Crippen LogP contribution in [0.15, 0.2) is 18.2 Å². The Hall–Kier alpha value is -0.730. The van der Waals surface area contributed by atoms with Gasteiger partial charge in [-0.15, -0.1) is 0 Å². The molecular formula is C16H25ClN2. The highest BCUT2D eigenvalue weighted by Gasteiger charge is 2.20. The predicted molar refractivity (Wildman–Crippen MR) is 84.0 cm³/mol. The van der Waals surface area contributed by atoms with Crippen LogP contribution in [-0.4, -0.2) is 19.1 Å². The first-order chi connectivity index (χ1) is 8.99. The molecule has 1 N–H and O–H groups in total. The standard InChI is InChI=1S/C16H25ClN2/c1-11(2)12(3)19(4)15-8-5-13(16(17)9-15)10-18-14-6-7-14/h5,8-9,11-12,14,18H,6-7,10H2,1-4H3. The molecule has 0 aliphatic heterocycles. The maximum Gasteiger partial charge on any atom is 0.0471 e. The van der Waals surface area contributed by atoms with Crippen LogP contribution in [0, 0.1) is 5.92 Å². The summed E-state index contributed by atoms with van der Waals surface area (Å²) in [5.74, 6) is 0.625. The summed E-state index contributed by atoms with van der Waals surface area (Å²) in [4.78, 5) is 2.30. The van der Waals surface area contributed by atoms with E-state index < -0.39 is 0 Å². The van der Waals surface area contributed by atoms with Crippen LogP contribution in [0.3, 0.4) is 0 Å². The molecule has 1 aliphatic carbocycles. The smallest absolute Gasteiger partial charge is 0.0471 e. The van der Waals surface area contributed by atoms with Crippen LogP contribution in [0.25, 0.3) is 0 Å². The first-order valence-electron chi connectivity index (χ1n) is 7.23. The van der Waals surface area contributed by atoms with Crippen molar-refractivity contribution in [3.63, 3.8) is 0 Å². The molecule has 3 heteroatoms. The van der Waals surface area contributed by atoms with Gasteiger partial charge in [0.05, 0.1) is 0 Å². The van der Waals surface area contributed by atoms with Gasteiger partial charge in [0.2, 0.25) is 0 Å². The van der Waals surface area contributed by atoms with Crippen LogP contribution in [-0.2, 0) is 6.54 Å². The highest BCUT2D eigenvalue weighted by Crippen LogP contribution is 2.27. The molecule has 1 saturated carbocycles. The van der Waals surface area contributed by atoms with E-state index in [-0.39, 0.29) is 0 Å². The van der Waals surface area contributed by atoms with Gasteiger partial charge < -0.3 is 10.2 Å². The molecule has 2 nitrogen and oxygen atoms in total.